The molecule has 0 heterocycles. The van der Waals surface area contributed by atoms with Crippen molar-refractivity contribution in [1.29, 1.82) is 0 Å². The first-order valence-electron chi connectivity index (χ1n) is 14.6. The fourth-order valence-electron chi connectivity index (χ4n) is 10.8. The minimum absolute atomic E-state index is 0.0644. The van der Waals surface area contributed by atoms with Crippen LogP contribution in [0.4, 0.5) is 0 Å². The third kappa shape index (κ3) is 3.43. The summed E-state index contributed by atoms with van der Waals surface area (Å²) < 4.78 is 5.82. The zero-order chi connectivity index (χ0) is 27.4. The molecule has 0 unspecified atom stereocenters. The molecule has 9 atom stereocenters. The predicted octanol–water partition coefficient (Wildman–Crippen LogP) is 6.98. The Morgan fingerprint density at radius 2 is 1.57 bits per heavy atom. The number of carbonyl (C=O) groups is 3. The molecule has 0 radical (unpaired) electrons. The highest BCUT2D eigenvalue weighted by Gasteiger charge is 2.70. The molecule has 206 valence electrons. The number of rotatable bonds is 2. The van der Waals surface area contributed by atoms with Gasteiger partial charge in [-0.05, 0) is 104 Å². The summed E-state index contributed by atoms with van der Waals surface area (Å²) in [5, 5.41) is 10.1. The average molecular weight is 513 g/mol. The molecule has 0 saturated heterocycles. The molecule has 0 aromatic carbocycles. The van der Waals surface area contributed by atoms with Gasteiger partial charge in [-0.3, -0.25) is 14.4 Å². The maximum absolute atomic E-state index is 14.4. The largest absolute Gasteiger partial charge is 0.481 e. The van der Waals surface area contributed by atoms with E-state index >= 15 is 0 Å². The van der Waals surface area contributed by atoms with E-state index in [1.165, 1.54) is 12.5 Å². The third-order valence-electron chi connectivity index (χ3n) is 13.3. The zero-order valence-corrected chi connectivity index (χ0v) is 24.3. The van der Waals surface area contributed by atoms with Crippen molar-refractivity contribution < 1.29 is 24.2 Å². The third-order valence-corrected chi connectivity index (χ3v) is 13.3. The average Bonchev–Trinajstić information content (AvgIpc) is 2.78. The molecule has 5 heteroatoms. The van der Waals surface area contributed by atoms with Gasteiger partial charge in [0.05, 0.1) is 5.41 Å². The lowest BCUT2D eigenvalue weighted by Gasteiger charge is -2.70. The molecular formula is C32H48O5. The van der Waals surface area contributed by atoms with Crippen molar-refractivity contribution in [3.63, 3.8) is 0 Å². The van der Waals surface area contributed by atoms with E-state index in [2.05, 4.69) is 41.5 Å². The Morgan fingerprint density at radius 3 is 2.19 bits per heavy atom. The second kappa shape index (κ2) is 7.94. The van der Waals surface area contributed by atoms with Crippen LogP contribution in [0.25, 0.3) is 0 Å². The number of hydrogen-bond donors (Lipinski definition) is 1. The summed E-state index contributed by atoms with van der Waals surface area (Å²) in [6.45, 7) is 17.4. The Balaban J connectivity index is 1.58. The molecule has 5 rings (SSSR count). The Hall–Kier alpha value is -1.65. The van der Waals surface area contributed by atoms with E-state index in [9.17, 15) is 19.5 Å². The quantitative estimate of drug-likeness (QED) is 0.404. The van der Waals surface area contributed by atoms with Gasteiger partial charge in [-0.25, -0.2) is 0 Å². The number of ether oxygens (including phenoxy) is 1. The van der Waals surface area contributed by atoms with Gasteiger partial charge in [-0.2, -0.15) is 0 Å². The van der Waals surface area contributed by atoms with Gasteiger partial charge in [0.25, 0.3) is 0 Å². The van der Waals surface area contributed by atoms with E-state index in [-0.39, 0.29) is 56.8 Å². The van der Waals surface area contributed by atoms with E-state index < -0.39 is 11.4 Å². The topological polar surface area (TPSA) is 80.7 Å². The Kier molecular flexibility index (Phi) is 5.78. The second-order valence-corrected chi connectivity index (χ2v) is 15.5. The Labute approximate surface area is 223 Å². The van der Waals surface area contributed by atoms with Crippen LogP contribution in [0, 0.1) is 50.2 Å². The number of allylic oxidation sites excluding steroid dienone is 2. The smallest absolute Gasteiger partial charge is 0.309 e. The van der Waals surface area contributed by atoms with Gasteiger partial charge in [-0.1, -0.05) is 47.1 Å². The minimum Gasteiger partial charge on any atom is -0.481 e. The van der Waals surface area contributed by atoms with Crippen molar-refractivity contribution in [2.45, 2.75) is 119 Å². The van der Waals surface area contributed by atoms with Crippen LogP contribution in [0.2, 0.25) is 0 Å². The van der Waals surface area contributed by atoms with Crippen LogP contribution >= 0.6 is 0 Å². The first-order chi connectivity index (χ1) is 16.9. The van der Waals surface area contributed by atoms with Crippen molar-refractivity contribution in [1.82, 2.24) is 0 Å². The zero-order valence-electron chi connectivity index (χ0n) is 24.3. The van der Waals surface area contributed by atoms with Crippen LogP contribution in [0.5, 0.6) is 0 Å². The fraction of sp³-hybridized carbons (Fsp3) is 0.844. The number of aliphatic carboxylic acids is 1. The molecule has 5 aliphatic rings. The first-order valence-corrected chi connectivity index (χ1v) is 14.6. The maximum atomic E-state index is 14.4. The number of fused-ring (bicyclic) bond motifs is 7. The summed E-state index contributed by atoms with van der Waals surface area (Å²) in [6.07, 6.45) is 10.0. The van der Waals surface area contributed by atoms with Crippen molar-refractivity contribution in [2.24, 2.45) is 50.2 Å². The predicted molar refractivity (Wildman–Crippen MR) is 143 cm³/mol. The number of ketones is 1. The summed E-state index contributed by atoms with van der Waals surface area (Å²) in [5.74, 6) is -0.280. The molecule has 0 aromatic rings. The van der Waals surface area contributed by atoms with Crippen LogP contribution < -0.4 is 0 Å². The normalized spacial score (nSPS) is 50.5. The van der Waals surface area contributed by atoms with Gasteiger partial charge < -0.3 is 9.84 Å². The number of esters is 1. The van der Waals surface area contributed by atoms with E-state index in [1.54, 1.807) is 0 Å². The standard InChI is InChI=1S/C32H48O5/c1-19(33)37-24-10-11-30(6)23(27(24,2)3)9-12-32(8)25(30)22(34)17-20-21-18-29(5,26(35)36)14-13-28(21,4)15-16-31(20,32)7/h17,21,23-25H,9-16,18H2,1-8H3,(H,35,36)/t21-,23-,24-,25-,28+,29-,30-,31+,32+/m0/s1. The fourth-order valence-corrected chi connectivity index (χ4v) is 10.8. The Morgan fingerprint density at radius 1 is 0.919 bits per heavy atom. The molecule has 0 aliphatic heterocycles. The molecule has 0 aromatic heterocycles. The van der Waals surface area contributed by atoms with E-state index in [0.29, 0.717) is 18.8 Å². The summed E-state index contributed by atoms with van der Waals surface area (Å²) in [4.78, 5) is 38.5. The van der Waals surface area contributed by atoms with Gasteiger partial charge >= 0.3 is 11.9 Å². The lowest BCUT2D eigenvalue weighted by molar-refractivity contribution is -0.210. The summed E-state index contributed by atoms with van der Waals surface area (Å²) in [6, 6.07) is 0. The summed E-state index contributed by atoms with van der Waals surface area (Å²) in [5.41, 5.74) is -0.0327. The molecule has 37 heavy (non-hydrogen) atoms. The highest BCUT2D eigenvalue weighted by molar-refractivity contribution is 5.95. The van der Waals surface area contributed by atoms with Gasteiger partial charge in [-0.15, -0.1) is 0 Å². The van der Waals surface area contributed by atoms with Gasteiger partial charge in [0.2, 0.25) is 0 Å². The SMILES string of the molecule is CC(=O)O[C@H]1CC[C@@]2(C)[C@@H](CC[C@]3(C)[C@H]2C(=O)C=C2[C@@H]4C[C@@](C)(C(=O)O)CC[C@]4(C)CC[C@]23C)C1(C)C. The van der Waals surface area contributed by atoms with Crippen molar-refractivity contribution >= 4 is 17.7 Å². The summed E-state index contributed by atoms with van der Waals surface area (Å²) in [7, 11) is 0. The second-order valence-electron chi connectivity index (χ2n) is 15.5. The van der Waals surface area contributed by atoms with Crippen molar-refractivity contribution in [3.8, 4) is 0 Å². The molecule has 0 bridgehead atoms. The number of carboxylic acid groups (broad SMARTS) is 1. The molecule has 5 aliphatic carbocycles. The lowest BCUT2D eigenvalue weighted by Crippen LogP contribution is -2.66. The number of carbonyl (C=O) groups excluding carboxylic acids is 2. The van der Waals surface area contributed by atoms with E-state index in [4.69, 9.17) is 4.74 Å². The van der Waals surface area contributed by atoms with Crippen LogP contribution in [0.1, 0.15) is 113 Å². The number of hydrogen-bond acceptors (Lipinski definition) is 4. The monoisotopic (exact) mass is 512 g/mol. The maximum Gasteiger partial charge on any atom is 0.309 e. The minimum atomic E-state index is -0.729. The molecule has 0 amide bonds. The molecule has 1 N–H and O–H groups in total. The van der Waals surface area contributed by atoms with Crippen LogP contribution in [-0.2, 0) is 19.1 Å². The molecular weight excluding hydrogens is 464 g/mol. The van der Waals surface area contributed by atoms with Gasteiger partial charge in [0.1, 0.15) is 6.10 Å². The highest BCUT2D eigenvalue weighted by Crippen LogP contribution is 2.75. The van der Waals surface area contributed by atoms with E-state index in [0.717, 1.165) is 44.9 Å². The molecule has 0 spiro atoms. The van der Waals surface area contributed by atoms with Crippen LogP contribution in [-0.4, -0.2) is 28.9 Å². The molecule has 4 saturated carbocycles. The first kappa shape index (κ1) is 26.9. The van der Waals surface area contributed by atoms with Crippen LogP contribution in [0.3, 0.4) is 0 Å². The number of carboxylic acids is 1. The molecule has 4 fully saturated rings. The highest BCUT2D eigenvalue weighted by atomic mass is 16.5. The van der Waals surface area contributed by atoms with Gasteiger partial charge in [0, 0.05) is 18.3 Å². The van der Waals surface area contributed by atoms with Crippen molar-refractivity contribution in [3.05, 3.63) is 11.6 Å². The Bertz CT molecular complexity index is 1070. The lowest BCUT2D eigenvalue weighted by atomic mass is 9.33. The summed E-state index contributed by atoms with van der Waals surface area (Å²) >= 11 is 0. The van der Waals surface area contributed by atoms with Crippen molar-refractivity contribution in [2.75, 3.05) is 0 Å². The van der Waals surface area contributed by atoms with E-state index in [1.807, 2.05) is 13.0 Å². The molecule has 5 nitrogen and oxygen atoms in total. The van der Waals surface area contributed by atoms with Gasteiger partial charge in [0.15, 0.2) is 5.78 Å². The van der Waals surface area contributed by atoms with Crippen LogP contribution in [0.15, 0.2) is 11.6 Å².